The zero-order valence-corrected chi connectivity index (χ0v) is 11.4. The van der Waals surface area contributed by atoms with Crippen molar-refractivity contribution in [1.29, 1.82) is 0 Å². The smallest absolute Gasteiger partial charge is 0.488 e. The Morgan fingerprint density at radius 1 is 1.00 bits per heavy atom. The molecule has 0 unspecified atom stereocenters. The Balaban J connectivity index is 1.94. The van der Waals surface area contributed by atoms with E-state index in [2.05, 4.69) is 0 Å². The summed E-state index contributed by atoms with van der Waals surface area (Å²) in [5.74, 6) is 0.823. The van der Waals surface area contributed by atoms with Gasteiger partial charge in [-0.25, -0.2) is 0 Å². The predicted molar refractivity (Wildman–Crippen MR) is 78.8 cm³/mol. The van der Waals surface area contributed by atoms with Crippen molar-refractivity contribution >= 4 is 24.3 Å². The fourth-order valence-corrected chi connectivity index (χ4v) is 2.03. The molecule has 5 heteroatoms. The second kappa shape index (κ2) is 6.66. The first-order valence-corrected chi connectivity index (χ1v) is 7.13. The Hall–Kier alpha value is -1.43. The minimum atomic E-state index is -1.42. The normalized spacial score (nSPS) is 10.3. The molecule has 0 fully saturated rings. The van der Waals surface area contributed by atoms with E-state index in [0.717, 1.165) is 11.3 Å². The Labute approximate surface area is 117 Å². The molecule has 0 spiro atoms. The van der Waals surface area contributed by atoms with Crippen molar-refractivity contribution in [2.45, 2.75) is 11.5 Å². The molecule has 0 radical (unpaired) electrons. The molecule has 0 aliphatic rings. The third kappa shape index (κ3) is 4.03. The number of benzene rings is 2. The van der Waals surface area contributed by atoms with Crippen LogP contribution in [0.2, 0.25) is 0 Å². The van der Waals surface area contributed by atoms with Crippen molar-refractivity contribution in [3.8, 4) is 5.75 Å². The lowest BCUT2D eigenvalue weighted by Gasteiger charge is -2.07. The third-order valence-electron chi connectivity index (χ3n) is 2.74. The van der Waals surface area contributed by atoms with Gasteiger partial charge in [-0.3, -0.25) is 0 Å². The van der Waals surface area contributed by atoms with Crippen molar-refractivity contribution < 1.29 is 14.8 Å². The van der Waals surface area contributed by atoms with E-state index >= 15 is 0 Å². The molecule has 2 aromatic rings. The SMILES string of the molecule is CSc1ccc(OCc2ccc(B(O)O)cc2)cc1. The summed E-state index contributed by atoms with van der Waals surface area (Å²) in [6.45, 7) is 0.459. The average Bonchev–Trinajstić information content (AvgIpc) is 2.46. The lowest BCUT2D eigenvalue weighted by molar-refractivity contribution is 0.306. The monoisotopic (exact) mass is 274 g/mol. The zero-order chi connectivity index (χ0) is 13.7. The molecule has 2 aromatic carbocycles. The van der Waals surface area contributed by atoms with E-state index in [4.69, 9.17) is 14.8 Å². The molecule has 0 aliphatic heterocycles. The van der Waals surface area contributed by atoms with Gasteiger partial charge in [0.15, 0.2) is 0 Å². The van der Waals surface area contributed by atoms with Crippen LogP contribution >= 0.6 is 11.8 Å². The van der Waals surface area contributed by atoms with Crippen LogP contribution in [0.25, 0.3) is 0 Å². The standard InChI is InChI=1S/C14H15BO3S/c1-19-14-8-6-13(7-9-14)18-10-11-2-4-12(5-3-11)15(16)17/h2-9,16-17H,10H2,1H3. The highest BCUT2D eigenvalue weighted by Gasteiger charge is 2.09. The van der Waals surface area contributed by atoms with Gasteiger partial charge in [0, 0.05) is 4.90 Å². The van der Waals surface area contributed by atoms with Gasteiger partial charge in [0.25, 0.3) is 0 Å². The summed E-state index contributed by atoms with van der Waals surface area (Å²) < 4.78 is 5.66. The average molecular weight is 274 g/mol. The van der Waals surface area contributed by atoms with Crippen molar-refractivity contribution in [3.05, 3.63) is 54.1 Å². The molecule has 0 saturated carbocycles. The molecule has 3 nitrogen and oxygen atoms in total. The Morgan fingerprint density at radius 2 is 1.63 bits per heavy atom. The van der Waals surface area contributed by atoms with Crippen LogP contribution in [0.15, 0.2) is 53.4 Å². The van der Waals surface area contributed by atoms with Crippen molar-refractivity contribution in [2.75, 3.05) is 6.26 Å². The van der Waals surface area contributed by atoms with E-state index in [9.17, 15) is 0 Å². The maximum atomic E-state index is 8.99. The van der Waals surface area contributed by atoms with Crippen LogP contribution in [0.5, 0.6) is 5.75 Å². The molecule has 0 bridgehead atoms. The predicted octanol–water partition coefficient (Wildman–Crippen LogP) is 1.67. The maximum absolute atomic E-state index is 8.99. The van der Waals surface area contributed by atoms with Crippen LogP contribution in [0.3, 0.4) is 0 Å². The summed E-state index contributed by atoms with van der Waals surface area (Å²) in [5, 5.41) is 18.0. The minimum Gasteiger partial charge on any atom is -0.489 e. The summed E-state index contributed by atoms with van der Waals surface area (Å²) >= 11 is 1.69. The van der Waals surface area contributed by atoms with Gasteiger partial charge in [0.2, 0.25) is 0 Å². The lowest BCUT2D eigenvalue weighted by Crippen LogP contribution is -2.29. The van der Waals surface area contributed by atoms with Crippen LogP contribution in [-0.2, 0) is 6.61 Å². The molecule has 98 valence electrons. The highest BCUT2D eigenvalue weighted by Crippen LogP contribution is 2.19. The van der Waals surface area contributed by atoms with Gasteiger partial charge >= 0.3 is 7.12 Å². The van der Waals surface area contributed by atoms with E-state index in [1.54, 1.807) is 23.9 Å². The number of ether oxygens (including phenoxy) is 1. The third-order valence-corrected chi connectivity index (χ3v) is 3.49. The molecule has 0 saturated heterocycles. The van der Waals surface area contributed by atoms with E-state index in [0.29, 0.717) is 12.1 Å². The molecule has 2 rings (SSSR count). The van der Waals surface area contributed by atoms with Crippen molar-refractivity contribution in [3.63, 3.8) is 0 Å². The van der Waals surface area contributed by atoms with Gasteiger partial charge < -0.3 is 14.8 Å². The van der Waals surface area contributed by atoms with Gasteiger partial charge in [-0.15, -0.1) is 11.8 Å². The van der Waals surface area contributed by atoms with Crippen LogP contribution in [0.4, 0.5) is 0 Å². The van der Waals surface area contributed by atoms with Gasteiger partial charge in [0.05, 0.1) is 0 Å². The van der Waals surface area contributed by atoms with Gasteiger partial charge in [-0.2, -0.15) is 0 Å². The lowest BCUT2D eigenvalue weighted by atomic mass is 9.80. The minimum absolute atomic E-state index is 0.459. The topological polar surface area (TPSA) is 49.7 Å². The molecule has 0 amide bonds. The first-order chi connectivity index (χ1) is 9.19. The Bertz CT molecular complexity index is 511. The summed E-state index contributed by atoms with van der Waals surface area (Å²) in [6, 6.07) is 14.9. The number of hydrogen-bond donors (Lipinski definition) is 2. The van der Waals surface area contributed by atoms with Gasteiger partial charge in [-0.05, 0) is 41.5 Å². The van der Waals surface area contributed by atoms with Gasteiger partial charge in [-0.1, -0.05) is 24.3 Å². The fraction of sp³-hybridized carbons (Fsp3) is 0.143. The van der Waals surface area contributed by atoms with E-state index < -0.39 is 7.12 Å². The maximum Gasteiger partial charge on any atom is 0.488 e. The number of hydrogen-bond acceptors (Lipinski definition) is 4. The van der Waals surface area contributed by atoms with E-state index in [-0.39, 0.29) is 0 Å². The Morgan fingerprint density at radius 3 is 2.16 bits per heavy atom. The summed E-state index contributed by atoms with van der Waals surface area (Å²) in [5.41, 5.74) is 1.46. The van der Waals surface area contributed by atoms with Crippen LogP contribution < -0.4 is 10.2 Å². The second-order valence-electron chi connectivity index (χ2n) is 4.08. The summed E-state index contributed by atoms with van der Waals surface area (Å²) in [7, 11) is -1.42. The molecule has 2 N–H and O–H groups in total. The second-order valence-corrected chi connectivity index (χ2v) is 4.96. The number of thioether (sulfide) groups is 1. The highest BCUT2D eigenvalue weighted by molar-refractivity contribution is 7.98. The van der Waals surface area contributed by atoms with E-state index in [1.165, 1.54) is 4.90 Å². The molecular weight excluding hydrogens is 259 g/mol. The Kier molecular flexibility index (Phi) is 4.90. The number of rotatable bonds is 5. The quantitative estimate of drug-likeness (QED) is 0.643. The highest BCUT2D eigenvalue weighted by atomic mass is 32.2. The largest absolute Gasteiger partial charge is 0.489 e. The van der Waals surface area contributed by atoms with Crippen LogP contribution in [0.1, 0.15) is 5.56 Å². The summed E-state index contributed by atoms with van der Waals surface area (Å²) in [6.07, 6.45) is 2.03. The molecule has 0 aromatic heterocycles. The molecular formula is C14H15BO3S. The molecule has 0 heterocycles. The summed E-state index contributed by atoms with van der Waals surface area (Å²) in [4.78, 5) is 1.20. The molecule has 0 aliphatic carbocycles. The first kappa shape index (κ1) is 14.0. The van der Waals surface area contributed by atoms with Crippen LogP contribution in [0, 0.1) is 0 Å². The molecule has 19 heavy (non-hydrogen) atoms. The van der Waals surface area contributed by atoms with Gasteiger partial charge in [0.1, 0.15) is 12.4 Å². The van der Waals surface area contributed by atoms with E-state index in [1.807, 2.05) is 42.7 Å². The fourth-order valence-electron chi connectivity index (χ4n) is 1.62. The zero-order valence-electron chi connectivity index (χ0n) is 10.6. The van der Waals surface area contributed by atoms with Crippen LogP contribution in [-0.4, -0.2) is 23.4 Å². The first-order valence-electron chi connectivity index (χ1n) is 5.91. The molecule has 0 atom stereocenters. The van der Waals surface area contributed by atoms with Crippen molar-refractivity contribution in [1.82, 2.24) is 0 Å². The van der Waals surface area contributed by atoms with Crippen molar-refractivity contribution in [2.24, 2.45) is 0 Å².